The molecule has 0 saturated heterocycles. The molecule has 2 rings (SSSR count). The normalized spacial score (nSPS) is 17.6. The fourth-order valence-corrected chi connectivity index (χ4v) is 2.76. The average Bonchev–Trinajstić information content (AvgIpc) is 2.57. The Balaban J connectivity index is 1.94. The van der Waals surface area contributed by atoms with Crippen LogP contribution in [0.5, 0.6) is 0 Å². The highest BCUT2D eigenvalue weighted by Gasteiger charge is 2.29. The van der Waals surface area contributed by atoms with E-state index in [2.05, 4.69) is 22.5 Å². The van der Waals surface area contributed by atoms with E-state index in [4.69, 9.17) is 0 Å². The number of pyridine rings is 1. The molecule has 1 unspecified atom stereocenters. The molecule has 2 N–H and O–H groups in total. The van der Waals surface area contributed by atoms with Crippen molar-refractivity contribution >= 4 is 23.2 Å². The number of rotatable bonds is 8. The molecule has 1 saturated carbocycles. The van der Waals surface area contributed by atoms with Crippen molar-refractivity contribution in [3.8, 4) is 0 Å². The third kappa shape index (κ3) is 5.15. The van der Waals surface area contributed by atoms with Crippen molar-refractivity contribution in [2.24, 2.45) is 0 Å². The number of Topliss-reactive ketones (excluding diaryl/α,β-unsaturated/α-hetero) is 2. The summed E-state index contributed by atoms with van der Waals surface area (Å²) in [6, 6.07) is 3.00. The lowest BCUT2D eigenvalue weighted by molar-refractivity contribution is -0.131. The van der Waals surface area contributed by atoms with Crippen molar-refractivity contribution in [3.05, 3.63) is 24.0 Å². The zero-order chi connectivity index (χ0) is 17.4. The standard InChI is InChI=1S/C18H25N3O3/c1-2-3-4-5-10-19-15-7-6-11-20-17(15)18(24)21-14-9-8-13(22)12-16(14)23/h6-7,11,14,19H,2-5,8-10,12H2,1H3,(H,21,24). The van der Waals surface area contributed by atoms with Crippen molar-refractivity contribution in [3.63, 3.8) is 0 Å². The Morgan fingerprint density at radius 1 is 1.29 bits per heavy atom. The molecule has 6 heteroatoms. The second-order valence-electron chi connectivity index (χ2n) is 6.13. The van der Waals surface area contributed by atoms with Gasteiger partial charge in [-0.2, -0.15) is 0 Å². The molecule has 1 heterocycles. The fraction of sp³-hybridized carbons (Fsp3) is 0.556. The molecule has 1 amide bonds. The Morgan fingerprint density at radius 2 is 2.12 bits per heavy atom. The summed E-state index contributed by atoms with van der Waals surface area (Å²) in [7, 11) is 0. The summed E-state index contributed by atoms with van der Waals surface area (Å²) < 4.78 is 0. The van der Waals surface area contributed by atoms with Gasteiger partial charge in [-0.25, -0.2) is 4.98 Å². The zero-order valence-corrected chi connectivity index (χ0v) is 14.1. The van der Waals surface area contributed by atoms with Crippen LogP contribution < -0.4 is 10.6 Å². The van der Waals surface area contributed by atoms with Crippen molar-refractivity contribution in [2.75, 3.05) is 11.9 Å². The minimum absolute atomic E-state index is 0.0576. The van der Waals surface area contributed by atoms with Crippen LogP contribution in [0.2, 0.25) is 0 Å². The van der Waals surface area contributed by atoms with E-state index in [9.17, 15) is 14.4 Å². The summed E-state index contributed by atoms with van der Waals surface area (Å²) in [6.07, 6.45) is 6.74. The van der Waals surface area contributed by atoms with Crippen molar-refractivity contribution in [1.29, 1.82) is 0 Å². The van der Waals surface area contributed by atoms with E-state index < -0.39 is 6.04 Å². The molecule has 1 aromatic heterocycles. The molecule has 1 aliphatic rings. The maximum Gasteiger partial charge on any atom is 0.272 e. The molecule has 1 aliphatic carbocycles. The van der Waals surface area contributed by atoms with Crippen LogP contribution in [0, 0.1) is 0 Å². The first-order valence-electron chi connectivity index (χ1n) is 8.66. The first kappa shape index (κ1) is 18.1. The molecule has 1 atom stereocenters. The first-order valence-corrected chi connectivity index (χ1v) is 8.66. The summed E-state index contributed by atoms with van der Waals surface area (Å²) in [4.78, 5) is 39.7. The van der Waals surface area contributed by atoms with E-state index in [0.717, 1.165) is 19.4 Å². The molecular formula is C18H25N3O3. The second-order valence-corrected chi connectivity index (χ2v) is 6.13. The Labute approximate surface area is 142 Å². The number of hydrogen-bond donors (Lipinski definition) is 2. The van der Waals surface area contributed by atoms with Gasteiger partial charge in [0, 0.05) is 19.2 Å². The molecule has 0 bridgehead atoms. The minimum atomic E-state index is -0.588. The number of carbonyl (C=O) groups excluding carboxylic acids is 3. The number of anilines is 1. The van der Waals surface area contributed by atoms with Crippen molar-refractivity contribution < 1.29 is 14.4 Å². The van der Waals surface area contributed by atoms with Crippen LogP contribution in [0.1, 0.15) is 62.4 Å². The third-order valence-corrected chi connectivity index (χ3v) is 4.15. The highest BCUT2D eigenvalue weighted by molar-refractivity contribution is 6.07. The summed E-state index contributed by atoms with van der Waals surface area (Å²) in [5.41, 5.74) is 0.962. The topological polar surface area (TPSA) is 88.2 Å². The predicted octanol–water partition coefficient (Wildman–Crippen LogP) is 2.49. The van der Waals surface area contributed by atoms with Gasteiger partial charge in [0.05, 0.1) is 18.2 Å². The van der Waals surface area contributed by atoms with Crippen LogP contribution in [-0.2, 0) is 9.59 Å². The lowest BCUT2D eigenvalue weighted by Gasteiger charge is -2.21. The van der Waals surface area contributed by atoms with Gasteiger partial charge < -0.3 is 10.6 Å². The summed E-state index contributed by atoms with van der Waals surface area (Å²) >= 11 is 0. The molecule has 0 spiro atoms. The summed E-state index contributed by atoms with van der Waals surface area (Å²) in [5, 5.41) is 5.96. The van der Waals surface area contributed by atoms with Gasteiger partial charge in [-0.05, 0) is 25.0 Å². The Kier molecular flexibility index (Phi) is 6.90. The molecule has 0 aliphatic heterocycles. The summed E-state index contributed by atoms with van der Waals surface area (Å²) in [5.74, 6) is -0.651. The first-order chi connectivity index (χ1) is 11.6. The SMILES string of the molecule is CCCCCCNc1cccnc1C(=O)NC1CCC(=O)CC1=O. The maximum absolute atomic E-state index is 12.4. The Bertz CT molecular complexity index is 601. The van der Waals surface area contributed by atoms with E-state index >= 15 is 0 Å². The van der Waals surface area contributed by atoms with Crippen LogP contribution in [0.3, 0.4) is 0 Å². The smallest absolute Gasteiger partial charge is 0.272 e. The average molecular weight is 331 g/mol. The monoisotopic (exact) mass is 331 g/mol. The molecule has 130 valence electrons. The van der Waals surface area contributed by atoms with E-state index in [0.29, 0.717) is 18.5 Å². The van der Waals surface area contributed by atoms with E-state index in [-0.39, 0.29) is 29.6 Å². The predicted molar refractivity (Wildman–Crippen MR) is 92.0 cm³/mol. The van der Waals surface area contributed by atoms with Crippen LogP contribution in [-0.4, -0.2) is 35.0 Å². The largest absolute Gasteiger partial charge is 0.383 e. The van der Waals surface area contributed by atoms with Gasteiger partial charge >= 0.3 is 0 Å². The number of unbranched alkanes of at least 4 members (excludes halogenated alkanes) is 3. The van der Waals surface area contributed by atoms with Crippen LogP contribution >= 0.6 is 0 Å². The van der Waals surface area contributed by atoms with Gasteiger partial charge in [0.1, 0.15) is 5.78 Å². The van der Waals surface area contributed by atoms with Gasteiger partial charge in [0.15, 0.2) is 11.5 Å². The number of hydrogen-bond acceptors (Lipinski definition) is 5. The molecule has 1 aromatic rings. The zero-order valence-electron chi connectivity index (χ0n) is 14.1. The molecule has 6 nitrogen and oxygen atoms in total. The van der Waals surface area contributed by atoms with Crippen LogP contribution in [0.15, 0.2) is 18.3 Å². The molecule has 1 fully saturated rings. The van der Waals surface area contributed by atoms with Crippen LogP contribution in [0.25, 0.3) is 0 Å². The van der Waals surface area contributed by atoms with E-state index in [1.54, 1.807) is 12.3 Å². The lowest BCUT2D eigenvalue weighted by Crippen LogP contribution is -2.44. The highest BCUT2D eigenvalue weighted by Crippen LogP contribution is 2.16. The maximum atomic E-state index is 12.4. The third-order valence-electron chi connectivity index (χ3n) is 4.15. The van der Waals surface area contributed by atoms with Gasteiger partial charge in [-0.3, -0.25) is 14.4 Å². The molecular weight excluding hydrogens is 306 g/mol. The number of ketones is 2. The molecule has 0 radical (unpaired) electrons. The van der Waals surface area contributed by atoms with Gasteiger partial charge in [0.25, 0.3) is 5.91 Å². The minimum Gasteiger partial charge on any atom is -0.383 e. The van der Waals surface area contributed by atoms with Gasteiger partial charge in [-0.15, -0.1) is 0 Å². The molecule has 0 aromatic carbocycles. The Hall–Kier alpha value is -2.24. The van der Waals surface area contributed by atoms with Gasteiger partial charge in [0.2, 0.25) is 0 Å². The van der Waals surface area contributed by atoms with Crippen LogP contribution in [0.4, 0.5) is 5.69 Å². The summed E-state index contributed by atoms with van der Waals surface area (Å²) in [6.45, 7) is 2.94. The quantitative estimate of drug-likeness (QED) is 0.564. The number of aromatic nitrogens is 1. The van der Waals surface area contributed by atoms with E-state index in [1.807, 2.05) is 6.07 Å². The molecule has 24 heavy (non-hydrogen) atoms. The van der Waals surface area contributed by atoms with Crippen molar-refractivity contribution in [1.82, 2.24) is 10.3 Å². The highest BCUT2D eigenvalue weighted by atomic mass is 16.2. The van der Waals surface area contributed by atoms with E-state index in [1.165, 1.54) is 12.8 Å². The number of nitrogens with zero attached hydrogens (tertiary/aromatic N) is 1. The number of amides is 1. The number of nitrogens with one attached hydrogen (secondary N) is 2. The lowest BCUT2D eigenvalue weighted by atomic mass is 9.93. The Morgan fingerprint density at radius 3 is 2.88 bits per heavy atom. The van der Waals surface area contributed by atoms with Gasteiger partial charge in [-0.1, -0.05) is 26.2 Å². The second kappa shape index (κ2) is 9.15. The number of carbonyl (C=O) groups is 3. The fourth-order valence-electron chi connectivity index (χ4n) is 2.76. The van der Waals surface area contributed by atoms with Crippen molar-refractivity contribution in [2.45, 2.75) is 57.9 Å².